The van der Waals surface area contributed by atoms with Crippen LogP contribution in [0.25, 0.3) is 0 Å². The Morgan fingerprint density at radius 2 is 1.92 bits per heavy atom. The lowest BCUT2D eigenvalue weighted by Gasteiger charge is -2.33. The van der Waals surface area contributed by atoms with Crippen molar-refractivity contribution in [2.75, 3.05) is 12.4 Å². The molecule has 0 radical (unpaired) electrons. The Hall–Kier alpha value is -2.63. The van der Waals surface area contributed by atoms with E-state index >= 15 is 0 Å². The van der Waals surface area contributed by atoms with E-state index < -0.39 is 0 Å². The van der Waals surface area contributed by atoms with Gasteiger partial charge in [0.05, 0.1) is 12.7 Å². The predicted molar refractivity (Wildman–Crippen MR) is 158 cm³/mol. The molecule has 1 atom stereocenters. The van der Waals surface area contributed by atoms with Crippen LogP contribution in [0, 0.1) is 18.3 Å². The molecule has 1 aromatic heterocycles. The van der Waals surface area contributed by atoms with Crippen molar-refractivity contribution in [1.29, 1.82) is 0 Å². The standard InChI is InChI=1S/C31H37ClN2O2S/c1-18(2)25-15-20(19(3)14-26(25)36-7)17-33-30-28(29(35)34-23-11-9-22(32)10-12-23)24-13-8-21(31(4,5)6)16-27(24)37-30/h9-12,14-15,17-18,21H,8,13,16H2,1-7H3,(H,34,35)/t21-/m1/s1. The highest BCUT2D eigenvalue weighted by Crippen LogP contribution is 2.45. The molecule has 196 valence electrons. The molecular weight excluding hydrogens is 500 g/mol. The quantitative estimate of drug-likeness (QED) is 0.319. The smallest absolute Gasteiger partial charge is 0.259 e. The second-order valence-corrected chi connectivity index (χ2v) is 12.8. The van der Waals surface area contributed by atoms with Crippen LogP contribution in [0.1, 0.15) is 84.4 Å². The van der Waals surface area contributed by atoms with E-state index in [1.807, 2.05) is 18.3 Å². The highest BCUT2D eigenvalue weighted by atomic mass is 35.5. The summed E-state index contributed by atoms with van der Waals surface area (Å²) in [7, 11) is 1.71. The molecule has 1 N–H and O–H groups in total. The van der Waals surface area contributed by atoms with Gasteiger partial charge in [-0.15, -0.1) is 11.3 Å². The Balaban J connectivity index is 1.74. The van der Waals surface area contributed by atoms with Gasteiger partial charge in [0.25, 0.3) is 5.91 Å². The molecule has 6 heteroatoms. The molecule has 3 aromatic rings. The number of anilines is 1. The summed E-state index contributed by atoms with van der Waals surface area (Å²) in [4.78, 5) is 19.8. The summed E-state index contributed by atoms with van der Waals surface area (Å²) in [5, 5.41) is 4.48. The molecule has 0 unspecified atom stereocenters. The van der Waals surface area contributed by atoms with E-state index in [2.05, 4.69) is 59.0 Å². The van der Waals surface area contributed by atoms with Crippen LogP contribution in [0.15, 0.2) is 41.4 Å². The molecule has 0 aliphatic heterocycles. The van der Waals surface area contributed by atoms with Crippen molar-refractivity contribution in [3.05, 3.63) is 74.1 Å². The summed E-state index contributed by atoms with van der Waals surface area (Å²) >= 11 is 7.70. The van der Waals surface area contributed by atoms with Gasteiger partial charge >= 0.3 is 0 Å². The minimum Gasteiger partial charge on any atom is -0.496 e. The molecule has 4 rings (SSSR count). The fourth-order valence-electron chi connectivity index (χ4n) is 4.97. The second-order valence-electron chi connectivity index (χ2n) is 11.3. The third kappa shape index (κ3) is 6.10. The molecule has 1 aliphatic rings. The summed E-state index contributed by atoms with van der Waals surface area (Å²) in [6.45, 7) is 13.3. The van der Waals surface area contributed by atoms with E-state index in [0.717, 1.165) is 58.0 Å². The van der Waals surface area contributed by atoms with Crippen LogP contribution in [-0.2, 0) is 12.8 Å². The van der Waals surface area contributed by atoms with Crippen molar-refractivity contribution >= 4 is 45.7 Å². The van der Waals surface area contributed by atoms with Crippen molar-refractivity contribution < 1.29 is 9.53 Å². The SMILES string of the molecule is COc1cc(C)c(C=Nc2sc3c(c2C(=O)Nc2ccc(Cl)cc2)CC[C@@H](C(C)(C)C)C3)cc1C(C)C. The third-order valence-corrected chi connectivity index (χ3v) is 8.78. The van der Waals surface area contributed by atoms with Crippen molar-refractivity contribution in [2.45, 2.75) is 66.7 Å². The molecule has 1 amide bonds. The van der Waals surface area contributed by atoms with E-state index in [4.69, 9.17) is 21.3 Å². The maximum atomic E-state index is 13.6. The Kier molecular flexibility index (Phi) is 8.15. The Morgan fingerprint density at radius 1 is 1.22 bits per heavy atom. The fourth-order valence-corrected chi connectivity index (χ4v) is 6.37. The van der Waals surface area contributed by atoms with Crippen LogP contribution < -0.4 is 10.1 Å². The van der Waals surface area contributed by atoms with Crippen LogP contribution in [0.2, 0.25) is 5.02 Å². The van der Waals surface area contributed by atoms with Gasteiger partial charge < -0.3 is 10.1 Å². The number of rotatable bonds is 6. The molecular formula is C31H37ClN2O2S. The van der Waals surface area contributed by atoms with Gasteiger partial charge in [-0.05, 0) is 102 Å². The largest absolute Gasteiger partial charge is 0.496 e. The third-order valence-electron chi connectivity index (χ3n) is 7.36. The molecule has 0 saturated carbocycles. The lowest BCUT2D eigenvalue weighted by Crippen LogP contribution is -2.27. The first-order valence-electron chi connectivity index (χ1n) is 12.9. The average Bonchev–Trinajstić information content (AvgIpc) is 3.21. The van der Waals surface area contributed by atoms with Gasteiger partial charge in [0, 0.05) is 21.8 Å². The number of amides is 1. The summed E-state index contributed by atoms with van der Waals surface area (Å²) in [5.74, 6) is 1.69. The van der Waals surface area contributed by atoms with Crippen LogP contribution in [0.3, 0.4) is 0 Å². The highest BCUT2D eigenvalue weighted by Gasteiger charge is 2.33. The number of aryl methyl sites for hydroxylation is 1. The average molecular weight is 537 g/mol. The number of aliphatic imine (C=N–C) groups is 1. The van der Waals surface area contributed by atoms with Gasteiger partial charge in [0.2, 0.25) is 0 Å². The number of carbonyl (C=O) groups excluding carboxylic acids is 1. The Bertz CT molecular complexity index is 1320. The summed E-state index contributed by atoms with van der Waals surface area (Å²) in [5.41, 5.74) is 6.07. The lowest BCUT2D eigenvalue weighted by molar-refractivity contribution is 0.102. The predicted octanol–water partition coefficient (Wildman–Crippen LogP) is 9.00. The number of carbonyl (C=O) groups is 1. The van der Waals surface area contributed by atoms with Gasteiger partial charge in [0.1, 0.15) is 10.8 Å². The van der Waals surface area contributed by atoms with Crippen molar-refractivity contribution in [3.8, 4) is 5.75 Å². The number of hydrogen-bond donors (Lipinski definition) is 1. The zero-order chi connectivity index (χ0) is 26.9. The monoisotopic (exact) mass is 536 g/mol. The molecule has 1 aliphatic carbocycles. The number of fused-ring (bicyclic) bond motifs is 1. The molecule has 0 spiro atoms. The first-order chi connectivity index (χ1) is 17.5. The van der Waals surface area contributed by atoms with Crippen molar-refractivity contribution in [3.63, 3.8) is 0 Å². The normalized spacial score (nSPS) is 15.8. The summed E-state index contributed by atoms with van der Waals surface area (Å²) in [6, 6.07) is 11.4. The van der Waals surface area contributed by atoms with Crippen LogP contribution in [0.5, 0.6) is 5.75 Å². The van der Waals surface area contributed by atoms with Gasteiger partial charge in [-0.1, -0.05) is 46.2 Å². The van der Waals surface area contributed by atoms with Crippen LogP contribution in [0.4, 0.5) is 10.7 Å². The molecule has 0 saturated heterocycles. The van der Waals surface area contributed by atoms with E-state index in [0.29, 0.717) is 22.4 Å². The Morgan fingerprint density at radius 3 is 2.54 bits per heavy atom. The number of methoxy groups -OCH3 is 1. The molecule has 0 fully saturated rings. The van der Waals surface area contributed by atoms with Gasteiger partial charge in [-0.3, -0.25) is 4.79 Å². The first-order valence-corrected chi connectivity index (χ1v) is 14.1. The second kappa shape index (κ2) is 11.0. The summed E-state index contributed by atoms with van der Waals surface area (Å²) in [6.07, 6.45) is 4.86. The molecule has 37 heavy (non-hydrogen) atoms. The number of halogens is 1. The van der Waals surface area contributed by atoms with E-state index in [-0.39, 0.29) is 11.3 Å². The van der Waals surface area contributed by atoms with E-state index in [1.54, 1.807) is 30.6 Å². The zero-order valence-corrected chi connectivity index (χ0v) is 24.4. The van der Waals surface area contributed by atoms with Crippen molar-refractivity contribution in [1.82, 2.24) is 0 Å². The lowest BCUT2D eigenvalue weighted by atomic mass is 9.72. The maximum absolute atomic E-state index is 13.6. The summed E-state index contributed by atoms with van der Waals surface area (Å²) < 4.78 is 5.61. The number of hydrogen-bond acceptors (Lipinski definition) is 4. The topological polar surface area (TPSA) is 50.7 Å². The van der Waals surface area contributed by atoms with Crippen LogP contribution >= 0.6 is 22.9 Å². The van der Waals surface area contributed by atoms with Gasteiger partial charge in [-0.25, -0.2) is 4.99 Å². The highest BCUT2D eigenvalue weighted by molar-refractivity contribution is 7.16. The minimum atomic E-state index is -0.115. The first kappa shape index (κ1) is 27.4. The number of benzene rings is 2. The molecule has 0 bridgehead atoms. The fraction of sp³-hybridized carbons (Fsp3) is 0.419. The zero-order valence-electron chi connectivity index (χ0n) is 22.9. The number of thiophene rings is 1. The number of nitrogens with one attached hydrogen (secondary N) is 1. The van der Waals surface area contributed by atoms with Gasteiger partial charge in [0.15, 0.2) is 0 Å². The van der Waals surface area contributed by atoms with Gasteiger partial charge in [-0.2, -0.15) is 0 Å². The Labute approximate surface area is 230 Å². The maximum Gasteiger partial charge on any atom is 0.259 e. The number of nitrogens with zero attached hydrogens (tertiary/aromatic N) is 1. The van der Waals surface area contributed by atoms with E-state index in [9.17, 15) is 4.79 Å². The van der Waals surface area contributed by atoms with E-state index in [1.165, 1.54) is 4.88 Å². The number of ether oxygens (including phenoxy) is 1. The molecule has 1 heterocycles. The van der Waals surface area contributed by atoms with Crippen LogP contribution in [-0.4, -0.2) is 19.2 Å². The molecule has 4 nitrogen and oxygen atoms in total. The van der Waals surface area contributed by atoms with Crippen molar-refractivity contribution in [2.24, 2.45) is 16.3 Å². The minimum absolute atomic E-state index is 0.115. The molecule has 2 aromatic carbocycles.